The molecular formula is C18H10ClF3N2O. The zero-order valence-corrected chi connectivity index (χ0v) is 13.3. The minimum Gasteiger partial charge on any atom is -0.322 e. The lowest BCUT2D eigenvalue weighted by Gasteiger charge is -2.08. The Morgan fingerprint density at radius 3 is 2.44 bits per heavy atom. The molecule has 0 aliphatic rings. The molecule has 0 aliphatic carbocycles. The second kappa shape index (κ2) is 6.94. The first kappa shape index (κ1) is 17.0. The van der Waals surface area contributed by atoms with Crippen LogP contribution in [0.1, 0.15) is 10.4 Å². The van der Waals surface area contributed by atoms with Crippen LogP contribution in [0.5, 0.6) is 0 Å². The summed E-state index contributed by atoms with van der Waals surface area (Å²) in [5.74, 6) is -3.47. The topological polar surface area (TPSA) is 42.0 Å². The third-order valence-corrected chi connectivity index (χ3v) is 3.73. The lowest BCUT2D eigenvalue weighted by atomic mass is 10.1. The summed E-state index contributed by atoms with van der Waals surface area (Å²) in [6, 6.07) is 9.91. The van der Waals surface area contributed by atoms with E-state index >= 15 is 0 Å². The maximum Gasteiger partial charge on any atom is 0.255 e. The number of hydrogen-bond acceptors (Lipinski definition) is 2. The van der Waals surface area contributed by atoms with Crippen molar-refractivity contribution in [2.24, 2.45) is 0 Å². The summed E-state index contributed by atoms with van der Waals surface area (Å²) in [4.78, 5) is 16.2. The Morgan fingerprint density at radius 1 is 0.960 bits per heavy atom. The van der Waals surface area contributed by atoms with Crippen LogP contribution in [0.2, 0.25) is 5.02 Å². The molecule has 126 valence electrons. The highest BCUT2D eigenvalue weighted by molar-refractivity contribution is 6.33. The Morgan fingerprint density at radius 2 is 1.76 bits per heavy atom. The molecule has 0 saturated heterocycles. The SMILES string of the molecule is O=C(Nc1ccc(F)c(F)c1)c1ccc(-c2ncccc2Cl)c(F)c1. The molecule has 0 saturated carbocycles. The predicted molar refractivity (Wildman–Crippen MR) is 89.0 cm³/mol. The van der Waals surface area contributed by atoms with Crippen LogP contribution in [0.25, 0.3) is 11.3 Å². The van der Waals surface area contributed by atoms with E-state index in [1.54, 1.807) is 12.1 Å². The van der Waals surface area contributed by atoms with Crippen LogP contribution in [0.3, 0.4) is 0 Å². The van der Waals surface area contributed by atoms with E-state index in [0.29, 0.717) is 0 Å². The third kappa shape index (κ3) is 3.64. The summed E-state index contributed by atoms with van der Waals surface area (Å²) < 4.78 is 40.4. The van der Waals surface area contributed by atoms with Crippen LogP contribution in [-0.2, 0) is 0 Å². The highest BCUT2D eigenvalue weighted by Crippen LogP contribution is 2.28. The summed E-state index contributed by atoms with van der Waals surface area (Å²) in [5.41, 5.74) is 0.475. The molecule has 7 heteroatoms. The van der Waals surface area contributed by atoms with E-state index in [-0.39, 0.29) is 27.5 Å². The number of carbonyl (C=O) groups excluding carboxylic acids is 1. The van der Waals surface area contributed by atoms with Crippen LogP contribution in [-0.4, -0.2) is 10.9 Å². The molecule has 0 atom stereocenters. The van der Waals surface area contributed by atoms with E-state index in [2.05, 4.69) is 10.3 Å². The molecular weight excluding hydrogens is 353 g/mol. The molecule has 1 aromatic heterocycles. The maximum atomic E-state index is 14.3. The monoisotopic (exact) mass is 362 g/mol. The van der Waals surface area contributed by atoms with Crippen LogP contribution >= 0.6 is 11.6 Å². The van der Waals surface area contributed by atoms with E-state index in [0.717, 1.165) is 18.2 Å². The highest BCUT2D eigenvalue weighted by Gasteiger charge is 2.14. The number of hydrogen-bond donors (Lipinski definition) is 1. The van der Waals surface area contributed by atoms with Crippen LogP contribution in [0.4, 0.5) is 18.9 Å². The molecule has 0 radical (unpaired) electrons. The van der Waals surface area contributed by atoms with Gasteiger partial charge in [0, 0.05) is 29.1 Å². The Labute approximate surface area is 146 Å². The molecule has 1 heterocycles. The van der Waals surface area contributed by atoms with Gasteiger partial charge in [0.15, 0.2) is 11.6 Å². The lowest BCUT2D eigenvalue weighted by Crippen LogP contribution is -2.12. The molecule has 0 unspecified atom stereocenters. The van der Waals surface area contributed by atoms with E-state index < -0.39 is 23.4 Å². The number of carbonyl (C=O) groups is 1. The number of nitrogens with one attached hydrogen (secondary N) is 1. The molecule has 0 bridgehead atoms. The van der Waals surface area contributed by atoms with E-state index in [4.69, 9.17) is 11.6 Å². The summed E-state index contributed by atoms with van der Waals surface area (Å²) >= 11 is 5.99. The number of pyridine rings is 1. The van der Waals surface area contributed by atoms with Crippen LogP contribution < -0.4 is 5.32 Å². The number of anilines is 1. The number of benzene rings is 2. The smallest absolute Gasteiger partial charge is 0.255 e. The van der Waals surface area contributed by atoms with Gasteiger partial charge in [0.25, 0.3) is 5.91 Å². The van der Waals surface area contributed by atoms with Gasteiger partial charge in [-0.05, 0) is 42.5 Å². The minimum atomic E-state index is -1.09. The summed E-state index contributed by atoms with van der Waals surface area (Å²) in [5, 5.41) is 2.65. The molecule has 2 aromatic carbocycles. The van der Waals surface area contributed by atoms with Gasteiger partial charge in [0.1, 0.15) is 5.82 Å². The normalized spacial score (nSPS) is 10.6. The Balaban J connectivity index is 1.86. The van der Waals surface area contributed by atoms with Gasteiger partial charge < -0.3 is 5.32 Å². The number of halogens is 4. The van der Waals surface area contributed by atoms with Gasteiger partial charge in [0.2, 0.25) is 0 Å². The zero-order chi connectivity index (χ0) is 18.0. The molecule has 0 spiro atoms. The van der Waals surface area contributed by atoms with Crippen LogP contribution in [0.15, 0.2) is 54.7 Å². The van der Waals surface area contributed by atoms with Crippen molar-refractivity contribution in [3.63, 3.8) is 0 Å². The number of rotatable bonds is 3. The van der Waals surface area contributed by atoms with E-state index in [1.165, 1.54) is 24.4 Å². The Bertz CT molecular complexity index is 963. The fourth-order valence-electron chi connectivity index (χ4n) is 2.21. The summed E-state index contributed by atoms with van der Waals surface area (Å²) in [6.07, 6.45) is 1.48. The first-order valence-corrected chi connectivity index (χ1v) is 7.50. The third-order valence-electron chi connectivity index (χ3n) is 3.42. The molecule has 0 aliphatic heterocycles. The van der Waals surface area contributed by atoms with Gasteiger partial charge >= 0.3 is 0 Å². The molecule has 3 nitrogen and oxygen atoms in total. The first-order chi connectivity index (χ1) is 12.0. The second-order valence-corrected chi connectivity index (χ2v) is 5.52. The molecule has 1 N–H and O–H groups in total. The average Bonchev–Trinajstić information content (AvgIpc) is 2.59. The molecule has 0 fully saturated rings. The molecule has 1 amide bonds. The Kier molecular flexibility index (Phi) is 4.72. The van der Waals surface area contributed by atoms with Gasteiger partial charge in [0.05, 0.1) is 10.7 Å². The van der Waals surface area contributed by atoms with Gasteiger partial charge in [-0.25, -0.2) is 13.2 Å². The maximum absolute atomic E-state index is 14.3. The lowest BCUT2D eigenvalue weighted by molar-refractivity contribution is 0.102. The molecule has 25 heavy (non-hydrogen) atoms. The summed E-state index contributed by atoms with van der Waals surface area (Å²) in [6.45, 7) is 0. The number of nitrogens with zero attached hydrogens (tertiary/aromatic N) is 1. The fraction of sp³-hybridized carbons (Fsp3) is 0. The van der Waals surface area contributed by atoms with Crippen molar-refractivity contribution in [2.45, 2.75) is 0 Å². The van der Waals surface area contributed by atoms with Gasteiger partial charge in [-0.3, -0.25) is 9.78 Å². The summed E-state index contributed by atoms with van der Waals surface area (Å²) in [7, 11) is 0. The van der Waals surface area contributed by atoms with E-state index in [9.17, 15) is 18.0 Å². The van der Waals surface area contributed by atoms with Crippen molar-refractivity contribution >= 4 is 23.2 Å². The molecule has 3 aromatic rings. The average molecular weight is 363 g/mol. The minimum absolute atomic E-state index is 0.0121. The Hall–Kier alpha value is -2.86. The second-order valence-electron chi connectivity index (χ2n) is 5.11. The quantitative estimate of drug-likeness (QED) is 0.706. The molecule has 3 rings (SSSR count). The van der Waals surface area contributed by atoms with Gasteiger partial charge in [-0.2, -0.15) is 0 Å². The van der Waals surface area contributed by atoms with Crippen molar-refractivity contribution in [1.29, 1.82) is 0 Å². The highest BCUT2D eigenvalue weighted by atomic mass is 35.5. The van der Waals surface area contributed by atoms with Crippen molar-refractivity contribution < 1.29 is 18.0 Å². The van der Waals surface area contributed by atoms with Crippen molar-refractivity contribution in [2.75, 3.05) is 5.32 Å². The van der Waals surface area contributed by atoms with Crippen LogP contribution in [0, 0.1) is 17.5 Å². The largest absolute Gasteiger partial charge is 0.322 e. The number of aromatic nitrogens is 1. The predicted octanol–water partition coefficient (Wildman–Crippen LogP) is 5.07. The van der Waals surface area contributed by atoms with Gasteiger partial charge in [-0.15, -0.1) is 0 Å². The zero-order valence-electron chi connectivity index (χ0n) is 12.6. The first-order valence-electron chi connectivity index (χ1n) is 7.12. The standard InChI is InChI=1S/C18H10ClF3N2O/c19-13-2-1-7-23-17(13)12-5-3-10(8-15(12)21)18(25)24-11-4-6-14(20)16(22)9-11/h1-9H,(H,24,25). The van der Waals surface area contributed by atoms with Crippen molar-refractivity contribution in [1.82, 2.24) is 4.98 Å². The van der Waals surface area contributed by atoms with Crippen molar-refractivity contribution in [3.05, 3.63) is 82.8 Å². The van der Waals surface area contributed by atoms with Crippen molar-refractivity contribution in [3.8, 4) is 11.3 Å². The number of amides is 1. The van der Waals surface area contributed by atoms with Gasteiger partial charge in [-0.1, -0.05) is 11.6 Å². The van der Waals surface area contributed by atoms with E-state index in [1.807, 2.05) is 0 Å². The fourth-order valence-corrected chi connectivity index (χ4v) is 2.43.